The second kappa shape index (κ2) is 10.1. The lowest BCUT2D eigenvalue weighted by Crippen LogP contribution is -2.36. The Morgan fingerprint density at radius 1 is 1.06 bits per heavy atom. The number of aromatic nitrogens is 1. The van der Waals surface area contributed by atoms with Crippen LogP contribution in [0.15, 0.2) is 71.9 Å². The fraction of sp³-hybridized carbons (Fsp3) is 0.250. The van der Waals surface area contributed by atoms with E-state index in [0.29, 0.717) is 0 Å². The Morgan fingerprint density at radius 3 is 2.41 bits per heavy atom. The quantitative estimate of drug-likeness (QED) is 0.251. The number of benzene rings is 2. The van der Waals surface area contributed by atoms with Gasteiger partial charge in [-0.3, -0.25) is 0 Å². The Balaban J connectivity index is 1.88. The zero-order valence-corrected chi connectivity index (χ0v) is 18.3. The van der Waals surface area contributed by atoms with Crippen molar-refractivity contribution in [2.75, 3.05) is 6.67 Å². The van der Waals surface area contributed by atoms with E-state index in [-0.39, 0.29) is 17.2 Å². The fourth-order valence-corrected chi connectivity index (χ4v) is 3.06. The molecule has 0 aliphatic rings. The average molecular weight is 479 g/mol. The highest BCUT2D eigenvalue weighted by Gasteiger charge is 2.39. The standard InChI is InChI=1S/C24H22F5N3O2/c1-15(24(27,28)29)33-22(30)32-23(2,14-25)19-13-18(8-9-20(19)26)34-21-12-17(10-11-31-21)16-6-4-3-5-7-16/h3-13,15H,14H2,1-2H3,(H2,30,32). The molecule has 2 atom stereocenters. The molecule has 10 heteroatoms. The minimum absolute atomic E-state index is 0.118. The number of pyridine rings is 1. The van der Waals surface area contributed by atoms with E-state index < -0.39 is 36.3 Å². The maximum Gasteiger partial charge on any atom is 0.425 e. The first-order valence-corrected chi connectivity index (χ1v) is 10.2. The molecule has 3 rings (SSSR count). The van der Waals surface area contributed by atoms with E-state index in [1.165, 1.54) is 25.3 Å². The van der Waals surface area contributed by atoms with Crippen LogP contribution in [-0.4, -0.2) is 30.0 Å². The molecule has 2 aromatic carbocycles. The molecule has 1 heterocycles. The van der Waals surface area contributed by atoms with Crippen LogP contribution >= 0.6 is 0 Å². The van der Waals surface area contributed by atoms with Gasteiger partial charge < -0.3 is 15.2 Å². The Labute approximate surface area is 193 Å². The van der Waals surface area contributed by atoms with Crippen molar-refractivity contribution in [1.82, 2.24) is 4.98 Å². The van der Waals surface area contributed by atoms with Crippen LogP contribution in [0.5, 0.6) is 11.6 Å². The highest BCUT2D eigenvalue weighted by molar-refractivity contribution is 5.72. The zero-order valence-electron chi connectivity index (χ0n) is 18.3. The van der Waals surface area contributed by atoms with Gasteiger partial charge in [-0.05, 0) is 49.2 Å². The fourth-order valence-electron chi connectivity index (χ4n) is 3.06. The number of amidine groups is 1. The van der Waals surface area contributed by atoms with Gasteiger partial charge in [-0.25, -0.2) is 18.8 Å². The topological polar surface area (TPSA) is 69.7 Å². The molecule has 0 amide bonds. The monoisotopic (exact) mass is 479 g/mol. The molecule has 180 valence electrons. The van der Waals surface area contributed by atoms with Gasteiger partial charge >= 0.3 is 6.18 Å². The van der Waals surface area contributed by atoms with Gasteiger partial charge in [-0.2, -0.15) is 13.2 Å². The predicted octanol–water partition coefficient (Wildman–Crippen LogP) is 6.15. The SMILES string of the molecule is CC(OC(N)=NC(C)(CF)c1cc(Oc2cc(-c3ccccc3)ccn2)ccc1F)C(F)(F)F. The Kier molecular flexibility index (Phi) is 7.38. The van der Waals surface area contributed by atoms with Crippen molar-refractivity contribution in [2.45, 2.75) is 31.7 Å². The van der Waals surface area contributed by atoms with Crippen LogP contribution in [0.25, 0.3) is 11.1 Å². The second-order valence-electron chi connectivity index (χ2n) is 7.65. The lowest BCUT2D eigenvalue weighted by atomic mass is 9.93. The Morgan fingerprint density at radius 2 is 1.76 bits per heavy atom. The van der Waals surface area contributed by atoms with E-state index in [0.717, 1.165) is 24.1 Å². The van der Waals surface area contributed by atoms with Crippen molar-refractivity contribution < 1.29 is 31.4 Å². The molecule has 3 aromatic rings. The average Bonchev–Trinajstić information content (AvgIpc) is 2.80. The predicted molar refractivity (Wildman–Crippen MR) is 118 cm³/mol. The molecule has 2 unspecified atom stereocenters. The van der Waals surface area contributed by atoms with Crippen LogP contribution in [0.4, 0.5) is 22.0 Å². The van der Waals surface area contributed by atoms with Gasteiger partial charge in [0, 0.05) is 17.8 Å². The summed E-state index contributed by atoms with van der Waals surface area (Å²) in [4.78, 5) is 7.83. The van der Waals surface area contributed by atoms with E-state index in [1.807, 2.05) is 30.3 Å². The molecule has 0 aliphatic carbocycles. The maximum atomic E-state index is 14.6. The molecule has 0 radical (unpaired) electrons. The summed E-state index contributed by atoms with van der Waals surface area (Å²) in [6, 6.07) is 15.5. The molecular weight excluding hydrogens is 457 g/mol. The van der Waals surface area contributed by atoms with Crippen LogP contribution < -0.4 is 10.5 Å². The summed E-state index contributed by atoms with van der Waals surface area (Å²) in [6.07, 6.45) is -5.44. The zero-order chi connectivity index (χ0) is 24.9. The van der Waals surface area contributed by atoms with Crippen molar-refractivity contribution in [2.24, 2.45) is 10.7 Å². The number of ether oxygens (including phenoxy) is 2. The molecule has 0 fully saturated rings. The highest BCUT2D eigenvalue weighted by Crippen LogP contribution is 2.34. The smallest absolute Gasteiger partial charge is 0.425 e. The van der Waals surface area contributed by atoms with Crippen molar-refractivity contribution in [3.05, 3.63) is 78.2 Å². The molecule has 1 aromatic heterocycles. The van der Waals surface area contributed by atoms with E-state index >= 15 is 0 Å². The van der Waals surface area contributed by atoms with E-state index in [2.05, 4.69) is 14.7 Å². The molecule has 0 spiro atoms. The van der Waals surface area contributed by atoms with Gasteiger partial charge in [0.2, 0.25) is 5.88 Å². The van der Waals surface area contributed by atoms with Crippen LogP contribution in [0.2, 0.25) is 0 Å². The molecule has 0 bridgehead atoms. The number of nitrogens with zero attached hydrogens (tertiary/aromatic N) is 2. The Bertz CT molecular complexity index is 1150. The van der Waals surface area contributed by atoms with Crippen LogP contribution in [0, 0.1) is 5.82 Å². The van der Waals surface area contributed by atoms with E-state index in [4.69, 9.17) is 10.5 Å². The first kappa shape index (κ1) is 24.9. The van der Waals surface area contributed by atoms with Crippen molar-refractivity contribution in [1.29, 1.82) is 0 Å². The third-order valence-electron chi connectivity index (χ3n) is 4.96. The van der Waals surface area contributed by atoms with E-state index in [9.17, 15) is 22.0 Å². The lowest BCUT2D eigenvalue weighted by Gasteiger charge is -2.25. The van der Waals surface area contributed by atoms with Gasteiger partial charge in [-0.1, -0.05) is 30.3 Å². The number of alkyl halides is 4. The normalized spacial score (nSPS) is 14.9. The molecule has 0 saturated carbocycles. The number of halogens is 5. The summed E-state index contributed by atoms with van der Waals surface area (Å²) in [5.41, 5.74) is 4.97. The molecule has 2 N–H and O–H groups in total. The van der Waals surface area contributed by atoms with Crippen LogP contribution in [0.1, 0.15) is 19.4 Å². The summed E-state index contributed by atoms with van der Waals surface area (Å²) >= 11 is 0. The van der Waals surface area contributed by atoms with Gasteiger partial charge in [0.1, 0.15) is 23.8 Å². The maximum absolute atomic E-state index is 14.6. The third-order valence-corrected chi connectivity index (χ3v) is 4.96. The van der Waals surface area contributed by atoms with Gasteiger partial charge in [0.15, 0.2) is 6.10 Å². The number of aliphatic imine (C=N–C) groups is 1. The third kappa shape index (κ3) is 6.00. The molecule has 34 heavy (non-hydrogen) atoms. The largest absolute Gasteiger partial charge is 0.453 e. The van der Waals surface area contributed by atoms with E-state index in [1.54, 1.807) is 12.1 Å². The summed E-state index contributed by atoms with van der Waals surface area (Å²) in [5, 5.41) is 0. The number of hydrogen-bond donors (Lipinski definition) is 1. The molecular formula is C24H22F5N3O2. The number of rotatable bonds is 7. The minimum Gasteiger partial charge on any atom is -0.453 e. The summed E-state index contributed by atoms with van der Waals surface area (Å²) < 4.78 is 77.0. The highest BCUT2D eigenvalue weighted by atomic mass is 19.4. The van der Waals surface area contributed by atoms with Gasteiger partial charge in [-0.15, -0.1) is 0 Å². The number of nitrogens with two attached hydrogens (primary N) is 1. The lowest BCUT2D eigenvalue weighted by molar-refractivity contribution is -0.193. The van der Waals surface area contributed by atoms with Crippen LogP contribution in [-0.2, 0) is 10.3 Å². The van der Waals surface area contributed by atoms with Crippen molar-refractivity contribution in [3.8, 4) is 22.8 Å². The molecule has 5 nitrogen and oxygen atoms in total. The van der Waals surface area contributed by atoms with Gasteiger partial charge in [0.25, 0.3) is 6.02 Å². The second-order valence-corrected chi connectivity index (χ2v) is 7.65. The molecule has 0 aliphatic heterocycles. The van der Waals surface area contributed by atoms with Crippen molar-refractivity contribution in [3.63, 3.8) is 0 Å². The van der Waals surface area contributed by atoms with Gasteiger partial charge in [0.05, 0.1) is 0 Å². The summed E-state index contributed by atoms with van der Waals surface area (Å²) in [5.74, 6) is -0.530. The molecule has 0 saturated heterocycles. The minimum atomic E-state index is -4.70. The van der Waals surface area contributed by atoms with Crippen LogP contribution in [0.3, 0.4) is 0 Å². The first-order valence-electron chi connectivity index (χ1n) is 10.2. The number of hydrogen-bond acceptors (Lipinski definition) is 4. The van der Waals surface area contributed by atoms with Crippen molar-refractivity contribution >= 4 is 6.02 Å². The summed E-state index contributed by atoms with van der Waals surface area (Å²) in [6.45, 7) is 0.637. The Hall–Kier alpha value is -3.69. The first-order chi connectivity index (χ1) is 16.0. The summed E-state index contributed by atoms with van der Waals surface area (Å²) in [7, 11) is 0.